The third-order valence-electron chi connectivity index (χ3n) is 4.41. The van der Waals surface area contributed by atoms with E-state index in [2.05, 4.69) is 32.7 Å². The smallest absolute Gasteiger partial charge is 0.222 e. The lowest BCUT2D eigenvalue weighted by atomic mass is 9.96. The van der Waals surface area contributed by atoms with Crippen molar-refractivity contribution in [2.45, 2.75) is 30.1 Å². The third kappa shape index (κ3) is 4.76. The van der Waals surface area contributed by atoms with Crippen LogP contribution in [0.15, 0.2) is 41.4 Å². The molecule has 2 aromatic rings. The zero-order valence-electron chi connectivity index (χ0n) is 14.4. The van der Waals surface area contributed by atoms with E-state index >= 15 is 0 Å². The molecule has 2 heterocycles. The molecular formula is C18H24N4O2S. The minimum atomic E-state index is -3.34. The average molecular weight is 360 g/mol. The Bertz CT molecular complexity index is 803. The molecule has 3 rings (SSSR count). The van der Waals surface area contributed by atoms with Gasteiger partial charge >= 0.3 is 0 Å². The van der Waals surface area contributed by atoms with Crippen molar-refractivity contribution in [3.05, 3.63) is 47.8 Å². The van der Waals surface area contributed by atoms with Gasteiger partial charge in [0.15, 0.2) is 9.84 Å². The van der Waals surface area contributed by atoms with E-state index in [1.165, 1.54) is 18.0 Å². The van der Waals surface area contributed by atoms with Gasteiger partial charge in [0.05, 0.1) is 11.9 Å². The van der Waals surface area contributed by atoms with Gasteiger partial charge in [0.2, 0.25) is 5.95 Å². The summed E-state index contributed by atoms with van der Waals surface area (Å²) in [5, 5.41) is 6.53. The highest BCUT2D eigenvalue weighted by molar-refractivity contribution is 7.90. The molecule has 0 radical (unpaired) electrons. The van der Waals surface area contributed by atoms with E-state index in [-0.39, 0.29) is 10.8 Å². The number of sulfone groups is 1. The topological polar surface area (TPSA) is 84.0 Å². The highest BCUT2D eigenvalue weighted by Gasteiger charge is 2.25. The maximum absolute atomic E-state index is 12.1. The number of piperidine rings is 1. The Balaban J connectivity index is 1.76. The second kappa shape index (κ2) is 7.93. The minimum Gasteiger partial charge on any atom is -0.354 e. The number of aromatic nitrogens is 2. The number of anilines is 1. The summed E-state index contributed by atoms with van der Waals surface area (Å²) in [5.74, 6) is 0.597. The highest BCUT2D eigenvalue weighted by Crippen LogP contribution is 2.27. The number of rotatable bonds is 6. The Morgan fingerprint density at radius 3 is 2.76 bits per heavy atom. The number of benzene rings is 1. The molecule has 6 nitrogen and oxygen atoms in total. The first-order valence-electron chi connectivity index (χ1n) is 8.59. The Kier molecular flexibility index (Phi) is 5.65. The fraction of sp³-hybridized carbons (Fsp3) is 0.444. The van der Waals surface area contributed by atoms with Crippen LogP contribution in [0.5, 0.6) is 0 Å². The lowest BCUT2D eigenvalue weighted by Gasteiger charge is -2.24. The van der Waals surface area contributed by atoms with Gasteiger partial charge in [-0.25, -0.2) is 18.4 Å². The van der Waals surface area contributed by atoms with Crippen LogP contribution >= 0.6 is 0 Å². The normalized spacial score (nSPS) is 18.0. The lowest BCUT2D eigenvalue weighted by molar-refractivity contribution is 0.448. The standard InChI is InChI=1S/C18H24N4O2S/c1-25(23,24)16-13-21-18(20-11-9-14-6-3-2-4-7-14)22-17(16)15-8-5-10-19-12-15/h2-4,6-7,13,15,19H,5,8-12H2,1H3,(H,20,21,22)/t15-/m0/s1. The van der Waals surface area contributed by atoms with E-state index in [1.54, 1.807) is 0 Å². The maximum atomic E-state index is 12.1. The van der Waals surface area contributed by atoms with Crippen LogP contribution in [0.25, 0.3) is 0 Å². The number of nitrogens with zero attached hydrogens (tertiary/aromatic N) is 2. The molecule has 1 saturated heterocycles. The Hall–Kier alpha value is -1.99. The lowest BCUT2D eigenvalue weighted by Crippen LogP contribution is -2.30. The Labute approximate surface area is 149 Å². The molecule has 0 bridgehead atoms. The van der Waals surface area contributed by atoms with Crippen LogP contribution in [-0.2, 0) is 16.3 Å². The van der Waals surface area contributed by atoms with Gasteiger partial charge in [-0.15, -0.1) is 0 Å². The molecule has 134 valence electrons. The molecule has 1 fully saturated rings. The summed E-state index contributed by atoms with van der Waals surface area (Å²) in [6, 6.07) is 10.2. The first-order valence-corrected chi connectivity index (χ1v) is 10.5. The minimum absolute atomic E-state index is 0.108. The van der Waals surface area contributed by atoms with Crippen molar-refractivity contribution < 1.29 is 8.42 Å². The van der Waals surface area contributed by atoms with Crippen molar-refractivity contribution in [1.29, 1.82) is 0 Å². The van der Waals surface area contributed by atoms with Gasteiger partial charge in [-0.05, 0) is 31.4 Å². The molecule has 2 N–H and O–H groups in total. The second-order valence-corrected chi connectivity index (χ2v) is 8.41. The average Bonchev–Trinajstić information content (AvgIpc) is 2.62. The van der Waals surface area contributed by atoms with Gasteiger partial charge < -0.3 is 10.6 Å². The summed E-state index contributed by atoms with van der Waals surface area (Å²) in [7, 11) is -3.34. The van der Waals surface area contributed by atoms with E-state index in [0.717, 1.165) is 32.4 Å². The molecule has 1 atom stereocenters. The summed E-state index contributed by atoms with van der Waals surface area (Å²) in [6.45, 7) is 2.42. The molecule has 25 heavy (non-hydrogen) atoms. The number of hydrogen-bond acceptors (Lipinski definition) is 6. The van der Waals surface area contributed by atoms with Crippen LogP contribution in [0.3, 0.4) is 0 Å². The van der Waals surface area contributed by atoms with Crippen molar-refractivity contribution >= 4 is 15.8 Å². The van der Waals surface area contributed by atoms with Crippen LogP contribution in [0.2, 0.25) is 0 Å². The largest absolute Gasteiger partial charge is 0.354 e. The molecule has 0 aliphatic carbocycles. The van der Waals surface area contributed by atoms with Crippen LogP contribution in [0.4, 0.5) is 5.95 Å². The maximum Gasteiger partial charge on any atom is 0.222 e. The number of hydrogen-bond donors (Lipinski definition) is 2. The Morgan fingerprint density at radius 2 is 2.08 bits per heavy atom. The SMILES string of the molecule is CS(=O)(=O)c1cnc(NCCc2ccccc2)nc1[C@H]1CCCNC1. The summed E-state index contributed by atoms with van der Waals surface area (Å²) in [5.41, 5.74) is 1.87. The summed E-state index contributed by atoms with van der Waals surface area (Å²) < 4.78 is 24.2. The summed E-state index contributed by atoms with van der Waals surface area (Å²) in [4.78, 5) is 9.01. The van der Waals surface area contributed by atoms with Crippen molar-refractivity contribution in [2.75, 3.05) is 31.2 Å². The Morgan fingerprint density at radius 1 is 1.28 bits per heavy atom. The van der Waals surface area contributed by atoms with Gasteiger partial charge in [-0.1, -0.05) is 30.3 Å². The first-order chi connectivity index (χ1) is 12.0. The quantitative estimate of drug-likeness (QED) is 0.820. The van der Waals surface area contributed by atoms with E-state index in [4.69, 9.17) is 0 Å². The summed E-state index contributed by atoms with van der Waals surface area (Å²) in [6.07, 6.45) is 5.48. The van der Waals surface area contributed by atoms with Gasteiger partial charge in [-0.2, -0.15) is 0 Å². The predicted octanol–water partition coefficient (Wildman–Crippen LogP) is 2.00. The number of nitrogens with one attached hydrogen (secondary N) is 2. The highest BCUT2D eigenvalue weighted by atomic mass is 32.2. The monoisotopic (exact) mass is 360 g/mol. The van der Waals surface area contributed by atoms with Crippen LogP contribution < -0.4 is 10.6 Å². The van der Waals surface area contributed by atoms with Gasteiger partial charge in [0.25, 0.3) is 0 Å². The molecule has 0 unspecified atom stereocenters. The fourth-order valence-electron chi connectivity index (χ4n) is 3.10. The van der Waals surface area contributed by atoms with Crippen molar-refractivity contribution in [1.82, 2.24) is 15.3 Å². The van der Waals surface area contributed by atoms with E-state index in [0.29, 0.717) is 18.2 Å². The molecule has 0 spiro atoms. The molecule has 1 aliphatic rings. The van der Waals surface area contributed by atoms with Crippen molar-refractivity contribution in [3.8, 4) is 0 Å². The van der Waals surface area contributed by atoms with Crippen molar-refractivity contribution in [3.63, 3.8) is 0 Å². The van der Waals surface area contributed by atoms with E-state index in [1.807, 2.05) is 18.2 Å². The van der Waals surface area contributed by atoms with Crippen molar-refractivity contribution in [2.24, 2.45) is 0 Å². The first kappa shape index (κ1) is 17.8. The fourth-order valence-corrected chi connectivity index (χ4v) is 3.93. The zero-order chi connectivity index (χ0) is 17.7. The molecule has 1 aromatic heterocycles. The van der Waals surface area contributed by atoms with Gasteiger partial charge in [-0.3, -0.25) is 0 Å². The molecule has 1 aliphatic heterocycles. The van der Waals surface area contributed by atoms with Gasteiger partial charge in [0, 0.05) is 25.3 Å². The third-order valence-corrected chi connectivity index (χ3v) is 5.52. The van der Waals surface area contributed by atoms with E-state index < -0.39 is 9.84 Å². The second-order valence-electron chi connectivity index (χ2n) is 6.42. The zero-order valence-corrected chi connectivity index (χ0v) is 15.2. The van der Waals surface area contributed by atoms with Crippen LogP contribution in [-0.4, -0.2) is 44.3 Å². The van der Waals surface area contributed by atoms with E-state index in [9.17, 15) is 8.42 Å². The van der Waals surface area contributed by atoms with Crippen LogP contribution in [0, 0.1) is 0 Å². The molecule has 0 saturated carbocycles. The molecular weight excluding hydrogens is 336 g/mol. The van der Waals surface area contributed by atoms with Crippen LogP contribution in [0.1, 0.15) is 30.0 Å². The molecule has 1 aromatic carbocycles. The molecule has 7 heteroatoms. The van der Waals surface area contributed by atoms with Gasteiger partial charge in [0.1, 0.15) is 4.90 Å². The predicted molar refractivity (Wildman–Crippen MR) is 98.6 cm³/mol. The molecule has 0 amide bonds. The summed E-state index contributed by atoms with van der Waals surface area (Å²) >= 11 is 0.